The third kappa shape index (κ3) is 3.41. The van der Waals surface area contributed by atoms with Gasteiger partial charge in [-0.15, -0.1) is 11.3 Å². The predicted molar refractivity (Wildman–Crippen MR) is 116 cm³/mol. The largest absolute Gasteiger partial charge is 0.468 e. The lowest BCUT2D eigenvalue weighted by molar-refractivity contribution is 0.269. The number of hydrogen-bond donors (Lipinski definition) is 1. The number of likely N-dealkylation sites (N-methyl/N-ethyl adjacent to an activating group) is 1. The third-order valence-electron chi connectivity index (χ3n) is 5.44. The van der Waals surface area contributed by atoms with Crippen LogP contribution in [0.4, 0.5) is 5.82 Å². The van der Waals surface area contributed by atoms with Crippen molar-refractivity contribution < 1.29 is 4.42 Å². The van der Waals surface area contributed by atoms with E-state index in [9.17, 15) is 0 Å². The number of nitrogens with one attached hydrogen (secondary N) is 1. The lowest BCUT2D eigenvalue weighted by Gasteiger charge is -2.23. The SMILES string of the molecule is CN(C)C(CNc1nc(-c2cccnc2)nc2sc3c(c12)CCC3)c1ccco1. The van der Waals surface area contributed by atoms with Crippen LogP contribution in [0.1, 0.15) is 28.7 Å². The van der Waals surface area contributed by atoms with E-state index in [0.717, 1.165) is 34.8 Å². The van der Waals surface area contributed by atoms with Gasteiger partial charge in [-0.05, 0) is 63.2 Å². The highest BCUT2D eigenvalue weighted by Crippen LogP contribution is 2.40. The molecule has 0 fully saturated rings. The predicted octanol–water partition coefficient (Wildman–Crippen LogP) is 4.55. The number of rotatable bonds is 6. The third-order valence-corrected chi connectivity index (χ3v) is 6.63. The number of hydrogen-bond acceptors (Lipinski definition) is 7. The Morgan fingerprint density at radius 3 is 2.90 bits per heavy atom. The number of pyridine rings is 1. The van der Waals surface area contributed by atoms with Crippen LogP contribution in [-0.2, 0) is 12.8 Å². The molecular weight excluding hydrogens is 382 g/mol. The number of aryl methyl sites for hydroxylation is 2. The second-order valence-corrected chi connectivity index (χ2v) is 8.63. The average molecular weight is 406 g/mol. The summed E-state index contributed by atoms with van der Waals surface area (Å²) in [6, 6.07) is 7.99. The minimum atomic E-state index is 0.114. The topological polar surface area (TPSA) is 67.1 Å². The molecule has 1 aliphatic carbocycles. The molecule has 7 heteroatoms. The Morgan fingerprint density at radius 1 is 1.21 bits per heavy atom. The first-order valence-electron chi connectivity index (χ1n) is 9.87. The Kier molecular flexibility index (Phi) is 4.77. The highest BCUT2D eigenvalue weighted by molar-refractivity contribution is 7.19. The fourth-order valence-electron chi connectivity index (χ4n) is 3.96. The van der Waals surface area contributed by atoms with Gasteiger partial charge < -0.3 is 9.73 Å². The second kappa shape index (κ2) is 7.57. The molecule has 148 valence electrons. The summed E-state index contributed by atoms with van der Waals surface area (Å²) in [5, 5.41) is 4.80. The number of nitrogens with zero attached hydrogens (tertiary/aromatic N) is 4. The summed E-state index contributed by atoms with van der Waals surface area (Å²) >= 11 is 1.81. The van der Waals surface area contributed by atoms with Gasteiger partial charge in [0.2, 0.25) is 0 Å². The molecule has 5 rings (SSSR count). The molecule has 1 unspecified atom stereocenters. The number of anilines is 1. The first kappa shape index (κ1) is 18.3. The van der Waals surface area contributed by atoms with Gasteiger partial charge in [-0.3, -0.25) is 9.88 Å². The van der Waals surface area contributed by atoms with Gasteiger partial charge in [0, 0.05) is 29.4 Å². The van der Waals surface area contributed by atoms with Crippen molar-refractivity contribution in [2.24, 2.45) is 0 Å². The summed E-state index contributed by atoms with van der Waals surface area (Å²) in [5.41, 5.74) is 2.35. The van der Waals surface area contributed by atoms with E-state index in [1.807, 2.05) is 41.8 Å². The van der Waals surface area contributed by atoms with Crippen molar-refractivity contribution >= 4 is 27.4 Å². The van der Waals surface area contributed by atoms with E-state index in [1.165, 1.54) is 22.2 Å². The molecule has 0 saturated carbocycles. The molecular formula is C22H23N5OS. The van der Waals surface area contributed by atoms with Crippen molar-refractivity contribution in [2.45, 2.75) is 25.3 Å². The molecule has 0 bridgehead atoms. The van der Waals surface area contributed by atoms with Crippen LogP contribution in [0.15, 0.2) is 47.3 Å². The maximum atomic E-state index is 5.66. The average Bonchev–Trinajstić information content (AvgIpc) is 3.46. The van der Waals surface area contributed by atoms with Crippen molar-refractivity contribution in [3.05, 3.63) is 59.1 Å². The van der Waals surface area contributed by atoms with Gasteiger partial charge in [-0.1, -0.05) is 0 Å². The van der Waals surface area contributed by atoms with E-state index in [4.69, 9.17) is 14.4 Å². The molecule has 6 nitrogen and oxygen atoms in total. The van der Waals surface area contributed by atoms with Gasteiger partial charge in [-0.2, -0.15) is 0 Å². The molecule has 0 saturated heterocycles. The quantitative estimate of drug-likeness (QED) is 0.508. The summed E-state index contributed by atoms with van der Waals surface area (Å²) in [6.07, 6.45) is 8.78. The number of furan rings is 1. The van der Waals surface area contributed by atoms with Crippen molar-refractivity contribution in [2.75, 3.05) is 26.0 Å². The minimum Gasteiger partial charge on any atom is -0.468 e. The van der Waals surface area contributed by atoms with Crippen LogP contribution < -0.4 is 5.32 Å². The molecule has 29 heavy (non-hydrogen) atoms. The van der Waals surface area contributed by atoms with Crippen molar-refractivity contribution in [1.29, 1.82) is 0 Å². The van der Waals surface area contributed by atoms with E-state index >= 15 is 0 Å². The molecule has 4 aromatic heterocycles. The van der Waals surface area contributed by atoms with E-state index in [1.54, 1.807) is 12.5 Å². The molecule has 0 aromatic carbocycles. The monoisotopic (exact) mass is 405 g/mol. The van der Waals surface area contributed by atoms with Crippen LogP contribution in [-0.4, -0.2) is 40.5 Å². The Labute approximate surface area is 173 Å². The van der Waals surface area contributed by atoms with Crippen LogP contribution in [0.25, 0.3) is 21.6 Å². The van der Waals surface area contributed by atoms with Gasteiger partial charge in [-0.25, -0.2) is 9.97 Å². The normalized spacial score (nSPS) is 14.4. The zero-order chi connectivity index (χ0) is 19.8. The van der Waals surface area contributed by atoms with Crippen molar-refractivity contribution in [3.63, 3.8) is 0 Å². The van der Waals surface area contributed by atoms with Gasteiger partial charge >= 0.3 is 0 Å². The molecule has 0 aliphatic heterocycles. The maximum absolute atomic E-state index is 5.66. The lowest BCUT2D eigenvalue weighted by Crippen LogP contribution is -2.26. The lowest BCUT2D eigenvalue weighted by atomic mass is 10.1. The molecule has 4 heterocycles. The van der Waals surface area contributed by atoms with Crippen LogP contribution >= 0.6 is 11.3 Å². The summed E-state index contributed by atoms with van der Waals surface area (Å²) in [5.74, 6) is 2.56. The molecule has 0 spiro atoms. The second-order valence-electron chi connectivity index (χ2n) is 7.55. The highest BCUT2D eigenvalue weighted by atomic mass is 32.1. The van der Waals surface area contributed by atoms with Crippen molar-refractivity contribution in [3.8, 4) is 11.4 Å². The van der Waals surface area contributed by atoms with E-state index in [0.29, 0.717) is 12.4 Å². The summed E-state index contributed by atoms with van der Waals surface area (Å²) in [7, 11) is 4.13. The molecule has 1 atom stereocenters. The Balaban J connectivity index is 1.56. The molecule has 0 amide bonds. The molecule has 4 aromatic rings. The molecule has 0 radical (unpaired) electrons. The van der Waals surface area contributed by atoms with Crippen LogP contribution in [0, 0.1) is 0 Å². The summed E-state index contributed by atoms with van der Waals surface area (Å²) < 4.78 is 5.66. The number of fused-ring (bicyclic) bond motifs is 3. The van der Waals surface area contributed by atoms with Crippen molar-refractivity contribution in [1.82, 2.24) is 19.9 Å². The Hall–Kier alpha value is -2.77. The van der Waals surface area contributed by atoms with E-state index in [-0.39, 0.29) is 6.04 Å². The molecule has 1 aliphatic rings. The fraction of sp³-hybridized carbons (Fsp3) is 0.318. The standard InChI is InChI=1S/C22H23N5OS/c1-27(2)16(17-8-5-11-28-17)13-24-21-19-15-7-3-9-18(15)29-22(19)26-20(25-21)14-6-4-10-23-12-14/h4-6,8,10-12,16H,3,7,9,13H2,1-2H3,(H,24,25,26). The zero-order valence-electron chi connectivity index (χ0n) is 16.6. The van der Waals surface area contributed by atoms with Gasteiger partial charge in [0.1, 0.15) is 16.4 Å². The smallest absolute Gasteiger partial charge is 0.164 e. The Morgan fingerprint density at radius 2 is 2.14 bits per heavy atom. The Bertz CT molecular complexity index is 1120. The van der Waals surface area contributed by atoms with Crippen LogP contribution in [0.3, 0.4) is 0 Å². The number of thiophene rings is 1. The minimum absolute atomic E-state index is 0.114. The fourth-order valence-corrected chi connectivity index (χ4v) is 5.22. The maximum Gasteiger partial charge on any atom is 0.164 e. The van der Waals surface area contributed by atoms with Gasteiger partial charge in [0.15, 0.2) is 5.82 Å². The first-order valence-corrected chi connectivity index (χ1v) is 10.7. The van der Waals surface area contributed by atoms with E-state index in [2.05, 4.69) is 29.3 Å². The summed E-state index contributed by atoms with van der Waals surface area (Å²) in [4.78, 5) is 18.7. The summed E-state index contributed by atoms with van der Waals surface area (Å²) in [6.45, 7) is 0.698. The first-order chi connectivity index (χ1) is 14.2. The van der Waals surface area contributed by atoms with Crippen LogP contribution in [0.2, 0.25) is 0 Å². The number of aromatic nitrogens is 3. The highest BCUT2D eigenvalue weighted by Gasteiger charge is 2.24. The van der Waals surface area contributed by atoms with Gasteiger partial charge in [0.25, 0.3) is 0 Å². The van der Waals surface area contributed by atoms with E-state index < -0.39 is 0 Å². The van der Waals surface area contributed by atoms with Gasteiger partial charge in [0.05, 0.1) is 17.7 Å². The zero-order valence-corrected chi connectivity index (χ0v) is 17.4. The van der Waals surface area contributed by atoms with Crippen LogP contribution in [0.5, 0.6) is 0 Å². The molecule has 1 N–H and O–H groups in total.